The van der Waals surface area contributed by atoms with Gasteiger partial charge in [0.05, 0.1) is 17.3 Å². The summed E-state index contributed by atoms with van der Waals surface area (Å²) in [4.78, 5) is 19.1. The third-order valence-corrected chi connectivity index (χ3v) is 5.86. The maximum absolute atomic E-state index is 13.5. The summed E-state index contributed by atoms with van der Waals surface area (Å²) in [6.45, 7) is 5.41. The lowest BCUT2D eigenvalue weighted by Crippen LogP contribution is -2.43. The summed E-state index contributed by atoms with van der Waals surface area (Å²) in [6, 6.07) is 1.20. The van der Waals surface area contributed by atoms with Crippen LogP contribution in [0.1, 0.15) is 51.6 Å². The number of alkyl halides is 3. The molecular weight excluding hydrogens is 439 g/mol. The Morgan fingerprint density at radius 1 is 1.12 bits per heavy atom. The number of aromatic nitrogens is 5. The number of hydrogen-bond donors (Lipinski definition) is 3. The normalized spacial score (nSPS) is 18.4. The Bertz CT molecular complexity index is 1140. The number of fused-ring (bicyclic) bond motifs is 1. The molecule has 2 unspecified atom stereocenters. The highest BCUT2D eigenvalue weighted by molar-refractivity contribution is 5.79. The van der Waals surface area contributed by atoms with E-state index in [1.165, 1.54) is 19.2 Å². The van der Waals surface area contributed by atoms with Gasteiger partial charge in [0.2, 0.25) is 5.95 Å². The van der Waals surface area contributed by atoms with Crippen LogP contribution in [0.3, 0.4) is 0 Å². The van der Waals surface area contributed by atoms with Gasteiger partial charge in [0.15, 0.2) is 0 Å². The molecule has 0 bridgehead atoms. The van der Waals surface area contributed by atoms with Gasteiger partial charge >= 0.3 is 6.18 Å². The third kappa shape index (κ3) is 4.86. The molecule has 0 saturated carbocycles. The SMILES string of the molecule is CC(O)c1nc2cnc(Nc3ccnc(N4CCC(C)(O)CC4)n3)cc2n1C(C)C(F)(F)F. The van der Waals surface area contributed by atoms with Gasteiger partial charge in [-0.1, -0.05) is 0 Å². The van der Waals surface area contributed by atoms with Crippen molar-refractivity contribution in [2.75, 3.05) is 23.3 Å². The van der Waals surface area contributed by atoms with Gasteiger partial charge in [-0.2, -0.15) is 18.2 Å². The molecule has 0 aromatic carbocycles. The number of piperidine rings is 1. The van der Waals surface area contributed by atoms with Crippen molar-refractivity contribution in [2.24, 2.45) is 0 Å². The summed E-state index contributed by atoms with van der Waals surface area (Å²) in [5, 5.41) is 23.1. The number of hydrogen-bond acceptors (Lipinski definition) is 8. The Hall–Kier alpha value is -2.99. The highest BCUT2D eigenvalue weighted by atomic mass is 19.4. The van der Waals surface area contributed by atoms with E-state index in [4.69, 9.17) is 0 Å². The molecule has 0 amide bonds. The van der Waals surface area contributed by atoms with E-state index >= 15 is 0 Å². The number of rotatable bonds is 5. The topological polar surface area (TPSA) is 112 Å². The van der Waals surface area contributed by atoms with Crippen molar-refractivity contribution in [3.8, 4) is 0 Å². The van der Waals surface area contributed by atoms with Crippen molar-refractivity contribution in [1.29, 1.82) is 0 Å². The van der Waals surface area contributed by atoms with E-state index in [-0.39, 0.29) is 22.7 Å². The van der Waals surface area contributed by atoms with Crippen molar-refractivity contribution in [2.45, 2.75) is 57.5 Å². The van der Waals surface area contributed by atoms with Crippen molar-refractivity contribution < 1.29 is 23.4 Å². The average Bonchev–Trinajstić information content (AvgIpc) is 3.11. The van der Waals surface area contributed by atoms with Crippen LogP contribution in [-0.2, 0) is 0 Å². The number of nitrogens with zero attached hydrogens (tertiary/aromatic N) is 6. The lowest BCUT2D eigenvalue weighted by molar-refractivity contribution is -0.163. The van der Waals surface area contributed by atoms with Crippen LogP contribution in [0.2, 0.25) is 0 Å². The number of nitrogens with one attached hydrogen (secondary N) is 1. The van der Waals surface area contributed by atoms with E-state index in [1.54, 1.807) is 19.2 Å². The molecule has 12 heteroatoms. The number of anilines is 3. The van der Waals surface area contributed by atoms with Gasteiger partial charge in [0.1, 0.15) is 35.1 Å². The van der Waals surface area contributed by atoms with E-state index < -0.39 is 23.9 Å². The smallest absolute Gasteiger partial charge is 0.390 e. The number of aliphatic hydroxyl groups excluding tert-OH is 1. The van der Waals surface area contributed by atoms with Crippen LogP contribution < -0.4 is 10.2 Å². The molecule has 1 saturated heterocycles. The number of aliphatic hydroxyl groups is 2. The minimum absolute atomic E-state index is 0.0842. The highest BCUT2D eigenvalue weighted by Crippen LogP contribution is 2.36. The summed E-state index contributed by atoms with van der Waals surface area (Å²) in [7, 11) is 0. The minimum Gasteiger partial charge on any atom is -0.390 e. The van der Waals surface area contributed by atoms with E-state index in [9.17, 15) is 23.4 Å². The van der Waals surface area contributed by atoms with Gasteiger partial charge in [-0.25, -0.2) is 15.0 Å². The van der Waals surface area contributed by atoms with E-state index in [0.29, 0.717) is 37.7 Å². The fourth-order valence-electron chi connectivity index (χ4n) is 3.82. The summed E-state index contributed by atoms with van der Waals surface area (Å²) < 4.78 is 41.5. The zero-order valence-corrected chi connectivity index (χ0v) is 18.5. The maximum atomic E-state index is 13.5. The summed E-state index contributed by atoms with van der Waals surface area (Å²) >= 11 is 0. The zero-order valence-electron chi connectivity index (χ0n) is 18.5. The lowest BCUT2D eigenvalue weighted by Gasteiger charge is -2.35. The molecule has 1 aliphatic heterocycles. The second kappa shape index (κ2) is 8.41. The summed E-state index contributed by atoms with van der Waals surface area (Å²) in [5.41, 5.74) is -0.260. The second-order valence-corrected chi connectivity index (χ2v) is 8.64. The quantitative estimate of drug-likeness (QED) is 0.525. The van der Waals surface area contributed by atoms with Gasteiger partial charge in [-0.15, -0.1) is 0 Å². The van der Waals surface area contributed by atoms with Crippen LogP contribution >= 0.6 is 0 Å². The Balaban J connectivity index is 1.64. The first kappa shape index (κ1) is 23.2. The molecule has 178 valence electrons. The monoisotopic (exact) mass is 465 g/mol. The molecule has 1 aliphatic rings. The largest absolute Gasteiger partial charge is 0.408 e. The number of pyridine rings is 1. The molecule has 3 aromatic rings. The highest BCUT2D eigenvalue weighted by Gasteiger charge is 2.40. The van der Waals surface area contributed by atoms with Crippen LogP contribution in [0.4, 0.5) is 30.8 Å². The molecule has 0 spiro atoms. The van der Waals surface area contributed by atoms with E-state index in [2.05, 4.69) is 25.3 Å². The molecule has 4 heterocycles. The second-order valence-electron chi connectivity index (χ2n) is 8.64. The molecule has 0 aliphatic carbocycles. The van der Waals surface area contributed by atoms with Crippen LogP contribution in [0.15, 0.2) is 24.5 Å². The molecule has 0 radical (unpaired) electrons. The van der Waals surface area contributed by atoms with Crippen LogP contribution in [0, 0.1) is 0 Å². The van der Waals surface area contributed by atoms with Gasteiger partial charge in [-0.05, 0) is 39.7 Å². The first-order valence-corrected chi connectivity index (χ1v) is 10.6. The lowest BCUT2D eigenvalue weighted by atomic mass is 9.94. The molecular formula is C21H26F3N7O2. The van der Waals surface area contributed by atoms with Gasteiger partial charge in [0.25, 0.3) is 0 Å². The fraction of sp³-hybridized carbons (Fsp3) is 0.524. The van der Waals surface area contributed by atoms with Crippen LogP contribution in [0.25, 0.3) is 11.0 Å². The van der Waals surface area contributed by atoms with Crippen molar-refractivity contribution >= 4 is 28.6 Å². The van der Waals surface area contributed by atoms with Gasteiger partial charge in [0, 0.05) is 25.4 Å². The minimum atomic E-state index is -4.52. The van der Waals surface area contributed by atoms with Crippen molar-refractivity contribution in [3.63, 3.8) is 0 Å². The molecule has 33 heavy (non-hydrogen) atoms. The molecule has 1 fully saturated rings. The first-order chi connectivity index (χ1) is 15.4. The standard InChI is InChI=1S/C21H26F3N7O2/c1-12(32)18-27-14-11-26-17(10-15(14)31(18)13(2)21(22,23)24)28-16-4-7-25-19(29-16)30-8-5-20(3,33)6-9-30/h4,7,10-13,32-33H,5-6,8-9H2,1-3H3,(H,25,26,28,29). The van der Waals surface area contributed by atoms with Crippen LogP contribution in [-0.4, -0.2) is 59.6 Å². The molecule has 9 nitrogen and oxygen atoms in total. The molecule has 3 N–H and O–H groups in total. The van der Waals surface area contributed by atoms with Crippen molar-refractivity contribution in [3.05, 3.63) is 30.4 Å². The van der Waals surface area contributed by atoms with Crippen LogP contribution in [0.5, 0.6) is 0 Å². The Labute approximate surface area is 188 Å². The number of halogens is 3. The first-order valence-electron chi connectivity index (χ1n) is 10.6. The molecule has 2 atom stereocenters. The van der Waals surface area contributed by atoms with E-state index in [1.807, 2.05) is 4.90 Å². The Kier molecular flexibility index (Phi) is 5.91. The Morgan fingerprint density at radius 2 is 1.82 bits per heavy atom. The van der Waals surface area contributed by atoms with Gasteiger partial charge in [-0.3, -0.25) is 0 Å². The number of imidazole rings is 1. The predicted molar refractivity (Wildman–Crippen MR) is 116 cm³/mol. The fourth-order valence-corrected chi connectivity index (χ4v) is 3.82. The summed E-state index contributed by atoms with van der Waals surface area (Å²) in [6.07, 6.45) is -1.57. The summed E-state index contributed by atoms with van der Waals surface area (Å²) in [5.74, 6) is 1.11. The van der Waals surface area contributed by atoms with E-state index in [0.717, 1.165) is 11.5 Å². The third-order valence-electron chi connectivity index (χ3n) is 5.86. The maximum Gasteiger partial charge on any atom is 0.408 e. The van der Waals surface area contributed by atoms with Gasteiger partial charge < -0.3 is 25.0 Å². The molecule has 3 aromatic heterocycles. The predicted octanol–water partition coefficient (Wildman–Crippen LogP) is 3.49. The Morgan fingerprint density at radius 3 is 2.45 bits per heavy atom. The zero-order chi connectivity index (χ0) is 24.0. The molecule has 4 rings (SSSR count). The van der Waals surface area contributed by atoms with Crippen molar-refractivity contribution in [1.82, 2.24) is 24.5 Å². The average molecular weight is 465 g/mol.